The van der Waals surface area contributed by atoms with Crippen molar-refractivity contribution in [3.05, 3.63) is 48.0 Å². The molecule has 8 N–H and O–H groups in total. The Kier molecular flexibility index (Phi) is 9.91. The van der Waals surface area contributed by atoms with Crippen LogP contribution in [-0.2, 0) is 16.0 Å². The maximum atomic E-state index is 13.6. The second-order valence-electron chi connectivity index (χ2n) is 10.2. The number of nitrogens with two attached hydrogens (primary N) is 4. The van der Waals surface area contributed by atoms with Crippen LogP contribution >= 0.6 is 11.8 Å². The van der Waals surface area contributed by atoms with E-state index in [1.807, 2.05) is 15.9 Å². The highest BCUT2D eigenvalue weighted by molar-refractivity contribution is 8.00. The van der Waals surface area contributed by atoms with Crippen LogP contribution in [0.1, 0.15) is 44.1 Å². The van der Waals surface area contributed by atoms with Gasteiger partial charge in [-0.05, 0) is 54.9 Å². The molecule has 2 aromatic rings. The summed E-state index contributed by atoms with van der Waals surface area (Å²) in [5.41, 5.74) is 23.1. The van der Waals surface area contributed by atoms with E-state index in [9.17, 15) is 9.59 Å². The molecule has 0 saturated carbocycles. The predicted octanol–water partition coefficient (Wildman–Crippen LogP) is 1.75. The number of aryl methyl sites for hydroxylation is 1. The molecule has 0 bridgehead atoms. The van der Waals surface area contributed by atoms with Crippen LogP contribution < -0.4 is 22.9 Å². The summed E-state index contributed by atoms with van der Waals surface area (Å²) >= 11 is 1.80. The van der Waals surface area contributed by atoms with Gasteiger partial charge < -0.3 is 32.7 Å². The van der Waals surface area contributed by atoms with Crippen molar-refractivity contribution in [3.63, 3.8) is 0 Å². The first-order valence-corrected chi connectivity index (χ1v) is 14.6. The molecular formula is C28H40N8O2S. The van der Waals surface area contributed by atoms with E-state index in [1.54, 1.807) is 11.8 Å². The Morgan fingerprint density at radius 3 is 2.31 bits per heavy atom. The molecule has 0 aromatic heterocycles. The van der Waals surface area contributed by atoms with Gasteiger partial charge in [-0.3, -0.25) is 19.6 Å². The first kappa shape index (κ1) is 28.5. The third-order valence-corrected chi connectivity index (χ3v) is 8.75. The smallest absolute Gasteiger partial charge is 0.245 e. The Bertz CT molecular complexity index is 1210. The zero-order chi connectivity index (χ0) is 27.8. The number of nitrogens with zero attached hydrogens (tertiary/aromatic N) is 4. The average Bonchev–Trinajstić information content (AvgIpc) is 2.90. The van der Waals surface area contributed by atoms with E-state index >= 15 is 0 Å². The minimum atomic E-state index is -0.485. The lowest BCUT2D eigenvalue weighted by Crippen LogP contribution is -2.64. The Morgan fingerprint density at radius 2 is 1.59 bits per heavy atom. The first-order valence-electron chi connectivity index (χ1n) is 13.7. The largest absolute Gasteiger partial charge is 0.370 e. The standard InChI is InChI=1S/C28H40N8O2S/c29-27(30)33-13-3-9-22-17-24(37)36-23(10-4-14-34-28(31)32)26(38)35(18-25(36)39-22)15-5-6-19-11-12-20-7-1-2-8-21(20)16-19/h1-2,7-8,11-12,16,22-23,25H,3-6,9-10,13-15,17-18H2,(H4,29,30,33)(H4,31,32,34)/t22-,23-,25-/m0/s1. The predicted molar refractivity (Wildman–Crippen MR) is 159 cm³/mol. The molecule has 3 atom stereocenters. The minimum Gasteiger partial charge on any atom is -0.370 e. The van der Waals surface area contributed by atoms with Crippen LogP contribution in [0.2, 0.25) is 0 Å². The fraction of sp³-hybridized carbons (Fsp3) is 0.500. The van der Waals surface area contributed by atoms with Gasteiger partial charge in [-0.1, -0.05) is 42.5 Å². The van der Waals surface area contributed by atoms with Crippen LogP contribution in [0.3, 0.4) is 0 Å². The van der Waals surface area contributed by atoms with Crippen LogP contribution in [0.5, 0.6) is 0 Å². The molecule has 2 aromatic carbocycles. The molecular weight excluding hydrogens is 512 g/mol. The summed E-state index contributed by atoms with van der Waals surface area (Å²) in [6.45, 7) is 2.18. The molecule has 0 radical (unpaired) electrons. The third-order valence-electron chi connectivity index (χ3n) is 7.28. The lowest BCUT2D eigenvalue weighted by atomic mass is 10.0. The van der Waals surface area contributed by atoms with Crippen LogP contribution in [0.15, 0.2) is 52.4 Å². The molecule has 210 valence electrons. The molecule has 0 unspecified atom stereocenters. The first-order chi connectivity index (χ1) is 18.8. The number of guanidine groups is 2. The topological polar surface area (TPSA) is 169 Å². The lowest BCUT2D eigenvalue weighted by molar-refractivity contribution is -0.153. The molecule has 2 aliphatic rings. The molecule has 0 aliphatic carbocycles. The lowest BCUT2D eigenvalue weighted by Gasteiger charge is -2.49. The van der Waals surface area contributed by atoms with E-state index in [0.29, 0.717) is 45.4 Å². The zero-order valence-corrected chi connectivity index (χ0v) is 23.2. The molecule has 2 amide bonds. The fourth-order valence-corrected chi connectivity index (χ4v) is 7.08. The second kappa shape index (κ2) is 13.5. The van der Waals surface area contributed by atoms with Gasteiger partial charge in [0, 0.05) is 31.3 Å². The summed E-state index contributed by atoms with van der Waals surface area (Å²) in [4.78, 5) is 38.8. The van der Waals surface area contributed by atoms with Crippen molar-refractivity contribution in [3.8, 4) is 0 Å². The Morgan fingerprint density at radius 1 is 0.897 bits per heavy atom. The summed E-state index contributed by atoms with van der Waals surface area (Å²) in [6, 6.07) is 14.4. The number of amides is 2. The van der Waals surface area contributed by atoms with Crippen molar-refractivity contribution in [2.45, 2.75) is 61.6 Å². The summed E-state index contributed by atoms with van der Waals surface area (Å²) in [5, 5.41) is 2.57. The third kappa shape index (κ3) is 7.78. The van der Waals surface area contributed by atoms with Crippen LogP contribution in [0, 0.1) is 0 Å². The highest BCUT2D eigenvalue weighted by Gasteiger charge is 2.46. The Hall–Kier alpha value is -3.47. The second-order valence-corrected chi connectivity index (χ2v) is 11.7. The molecule has 2 fully saturated rings. The fourth-order valence-electron chi connectivity index (χ4n) is 5.43. The highest BCUT2D eigenvalue weighted by Crippen LogP contribution is 2.38. The van der Waals surface area contributed by atoms with E-state index in [2.05, 4.69) is 46.4 Å². The van der Waals surface area contributed by atoms with Crippen LogP contribution in [-0.4, -0.2) is 76.4 Å². The number of carbonyl (C=O) groups excluding carboxylic acids is 2. The van der Waals surface area contributed by atoms with Gasteiger partial charge in [0.25, 0.3) is 0 Å². The average molecular weight is 553 g/mol. The summed E-state index contributed by atoms with van der Waals surface area (Å²) in [7, 11) is 0. The normalized spacial score (nSPS) is 21.1. The molecule has 11 heteroatoms. The van der Waals surface area contributed by atoms with Crippen molar-refractivity contribution >= 4 is 46.3 Å². The zero-order valence-electron chi connectivity index (χ0n) is 22.4. The molecule has 4 rings (SSSR count). The van der Waals surface area contributed by atoms with Gasteiger partial charge in [-0.15, -0.1) is 11.8 Å². The van der Waals surface area contributed by atoms with Crippen LogP contribution in [0.25, 0.3) is 10.8 Å². The maximum Gasteiger partial charge on any atom is 0.245 e. The van der Waals surface area contributed by atoms with Crippen molar-refractivity contribution in [1.29, 1.82) is 0 Å². The van der Waals surface area contributed by atoms with Crippen molar-refractivity contribution < 1.29 is 9.59 Å². The molecule has 0 spiro atoms. The quantitative estimate of drug-likeness (QED) is 0.177. The number of fused-ring (bicyclic) bond motifs is 2. The summed E-state index contributed by atoms with van der Waals surface area (Å²) in [6.07, 6.45) is 4.99. The Balaban J connectivity index is 1.41. The number of thioether (sulfide) groups is 1. The SMILES string of the molecule is NC(N)=NCCC[C@H]1CC(=O)N2[C@H](CN(CCCc3ccc4ccccc4c3)C(=O)[C@@H]2CCCN=C(N)N)S1. The van der Waals surface area contributed by atoms with Gasteiger partial charge in [0.15, 0.2) is 11.9 Å². The molecule has 2 saturated heterocycles. The maximum absolute atomic E-state index is 13.6. The monoisotopic (exact) mass is 552 g/mol. The van der Waals surface area contributed by atoms with Gasteiger partial charge in [0.2, 0.25) is 11.8 Å². The molecule has 39 heavy (non-hydrogen) atoms. The number of hydrogen-bond acceptors (Lipinski definition) is 5. The van der Waals surface area contributed by atoms with E-state index in [0.717, 1.165) is 25.7 Å². The summed E-state index contributed by atoms with van der Waals surface area (Å²) in [5.74, 6) is 0.185. The highest BCUT2D eigenvalue weighted by atomic mass is 32.2. The number of carbonyl (C=O) groups is 2. The van der Waals surface area contributed by atoms with Crippen molar-refractivity contribution in [2.24, 2.45) is 32.9 Å². The molecule has 2 aliphatic heterocycles. The van der Waals surface area contributed by atoms with Gasteiger partial charge in [0.05, 0.1) is 11.9 Å². The number of benzene rings is 2. The van der Waals surface area contributed by atoms with E-state index in [4.69, 9.17) is 22.9 Å². The van der Waals surface area contributed by atoms with Gasteiger partial charge in [0.1, 0.15) is 6.04 Å². The minimum absolute atomic E-state index is 0.0228. The van der Waals surface area contributed by atoms with Gasteiger partial charge in [-0.25, -0.2) is 0 Å². The van der Waals surface area contributed by atoms with Gasteiger partial charge >= 0.3 is 0 Å². The van der Waals surface area contributed by atoms with Crippen LogP contribution in [0.4, 0.5) is 0 Å². The van der Waals surface area contributed by atoms with E-state index in [1.165, 1.54) is 16.3 Å². The molecule has 10 nitrogen and oxygen atoms in total. The number of hydrogen-bond donors (Lipinski definition) is 4. The Labute approximate surface area is 234 Å². The van der Waals surface area contributed by atoms with Crippen molar-refractivity contribution in [1.82, 2.24) is 9.80 Å². The number of rotatable bonds is 12. The molecule has 2 heterocycles. The van der Waals surface area contributed by atoms with E-state index in [-0.39, 0.29) is 34.4 Å². The van der Waals surface area contributed by atoms with E-state index < -0.39 is 6.04 Å². The van der Waals surface area contributed by atoms with Gasteiger partial charge in [-0.2, -0.15) is 0 Å². The number of piperazine rings is 1. The summed E-state index contributed by atoms with van der Waals surface area (Å²) < 4.78 is 0. The van der Waals surface area contributed by atoms with Crippen molar-refractivity contribution in [2.75, 3.05) is 26.2 Å². The number of aliphatic imine (C=N–C) groups is 2.